The first-order valence-electron chi connectivity index (χ1n) is 10.4. The van der Waals surface area contributed by atoms with Gasteiger partial charge < -0.3 is 9.84 Å². The number of nitro benzene ring substituents is 1. The molecule has 1 aromatic heterocycles. The van der Waals surface area contributed by atoms with Gasteiger partial charge in [0, 0.05) is 16.5 Å². The van der Waals surface area contributed by atoms with Gasteiger partial charge in [0.2, 0.25) is 0 Å². The second-order valence-electron chi connectivity index (χ2n) is 8.44. The summed E-state index contributed by atoms with van der Waals surface area (Å²) in [4.78, 5) is 36.6. The number of carbonyl (C=O) groups is 2. The van der Waals surface area contributed by atoms with Crippen LogP contribution in [-0.2, 0) is 16.8 Å². The number of rotatable bonds is 9. The number of hydrazine groups is 1. The maximum absolute atomic E-state index is 13.3. The van der Waals surface area contributed by atoms with Gasteiger partial charge in [0.05, 0.1) is 11.5 Å². The molecular formula is C24H25N3O6S. The second-order valence-corrected chi connectivity index (χ2v) is 9.61. The summed E-state index contributed by atoms with van der Waals surface area (Å²) in [5.74, 6) is -1.50. The lowest BCUT2D eigenvalue weighted by molar-refractivity contribution is -0.384. The van der Waals surface area contributed by atoms with Crippen LogP contribution in [0.5, 0.6) is 0 Å². The van der Waals surface area contributed by atoms with Gasteiger partial charge in [0.25, 0.3) is 11.6 Å². The standard InChI is InChI=1S/C24H25N3O6S/c1-24(2,3)17-9-11-19(20(13-17)27(31)32)26(22(28)16-7-5-4-6-8-16)25-15-33-14-18-10-12-21(34-18)23(29)30/h4-13,25H,14-15H2,1-3H3,(H,29,30). The SMILES string of the molecule is CC(C)(C)c1ccc(N(NCOCc2ccc(C(=O)O)s2)C(=O)c2ccccc2)c([N+](=O)[O-])c1. The fourth-order valence-corrected chi connectivity index (χ4v) is 3.92. The fraction of sp³-hybridized carbons (Fsp3) is 0.250. The molecule has 34 heavy (non-hydrogen) atoms. The van der Waals surface area contributed by atoms with E-state index in [-0.39, 0.29) is 35.0 Å². The minimum Gasteiger partial charge on any atom is -0.477 e. The fourth-order valence-electron chi connectivity index (χ4n) is 3.13. The van der Waals surface area contributed by atoms with E-state index in [0.29, 0.717) is 10.4 Å². The van der Waals surface area contributed by atoms with Crippen molar-refractivity contribution in [2.45, 2.75) is 32.8 Å². The number of benzene rings is 2. The first-order chi connectivity index (χ1) is 16.1. The van der Waals surface area contributed by atoms with E-state index in [4.69, 9.17) is 9.84 Å². The van der Waals surface area contributed by atoms with Crippen LogP contribution < -0.4 is 10.4 Å². The van der Waals surface area contributed by atoms with Gasteiger partial charge in [-0.2, -0.15) is 0 Å². The Hall–Kier alpha value is -3.60. The molecule has 0 unspecified atom stereocenters. The molecule has 0 radical (unpaired) electrons. The molecule has 0 saturated heterocycles. The summed E-state index contributed by atoms with van der Waals surface area (Å²) in [5.41, 5.74) is 3.49. The van der Waals surface area contributed by atoms with E-state index in [9.17, 15) is 19.7 Å². The number of ether oxygens (including phenoxy) is 1. The summed E-state index contributed by atoms with van der Waals surface area (Å²) >= 11 is 1.09. The van der Waals surface area contributed by atoms with Crippen LogP contribution >= 0.6 is 11.3 Å². The molecule has 178 valence electrons. The number of carboxylic acid groups (broad SMARTS) is 1. The zero-order chi connectivity index (χ0) is 24.9. The van der Waals surface area contributed by atoms with Crippen molar-refractivity contribution in [2.75, 3.05) is 11.7 Å². The Labute approximate surface area is 200 Å². The Kier molecular flexibility index (Phi) is 7.77. The number of nitrogens with zero attached hydrogens (tertiary/aromatic N) is 2. The highest BCUT2D eigenvalue weighted by molar-refractivity contribution is 7.13. The van der Waals surface area contributed by atoms with Crippen molar-refractivity contribution in [3.63, 3.8) is 0 Å². The number of nitro groups is 1. The van der Waals surface area contributed by atoms with E-state index in [1.165, 1.54) is 12.1 Å². The summed E-state index contributed by atoms with van der Waals surface area (Å²) in [7, 11) is 0. The third-order valence-electron chi connectivity index (χ3n) is 4.94. The van der Waals surface area contributed by atoms with Gasteiger partial charge >= 0.3 is 5.97 Å². The van der Waals surface area contributed by atoms with Gasteiger partial charge in [-0.1, -0.05) is 45.0 Å². The zero-order valence-electron chi connectivity index (χ0n) is 19.0. The average molecular weight is 484 g/mol. The average Bonchev–Trinajstić information content (AvgIpc) is 3.28. The van der Waals surface area contributed by atoms with E-state index < -0.39 is 16.8 Å². The molecule has 1 heterocycles. The zero-order valence-corrected chi connectivity index (χ0v) is 19.8. The second kappa shape index (κ2) is 10.6. The molecule has 0 fully saturated rings. The largest absolute Gasteiger partial charge is 0.477 e. The molecule has 0 aliphatic rings. The monoisotopic (exact) mass is 483 g/mol. The highest BCUT2D eigenvalue weighted by Gasteiger charge is 2.28. The van der Waals surface area contributed by atoms with E-state index >= 15 is 0 Å². The molecule has 0 aliphatic heterocycles. The quantitative estimate of drug-likeness (QED) is 0.190. The van der Waals surface area contributed by atoms with Gasteiger partial charge in [-0.25, -0.2) is 15.2 Å². The summed E-state index contributed by atoms with van der Waals surface area (Å²) < 4.78 is 5.57. The lowest BCUT2D eigenvalue weighted by Crippen LogP contribution is -2.44. The topological polar surface area (TPSA) is 122 Å². The van der Waals surface area contributed by atoms with Crippen LogP contribution in [0.1, 0.15) is 51.2 Å². The van der Waals surface area contributed by atoms with Gasteiger partial charge in [0.15, 0.2) is 0 Å². The van der Waals surface area contributed by atoms with Gasteiger partial charge in [-0.3, -0.25) is 14.9 Å². The van der Waals surface area contributed by atoms with E-state index in [1.54, 1.807) is 48.5 Å². The number of nitrogens with one attached hydrogen (secondary N) is 1. The predicted octanol–water partition coefficient (Wildman–Crippen LogP) is 4.98. The van der Waals surface area contributed by atoms with Crippen molar-refractivity contribution < 1.29 is 24.4 Å². The van der Waals surface area contributed by atoms with Crippen molar-refractivity contribution in [2.24, 2.45) is 0 Å². The van der Waals surface area contributed by atoms with Crippen LogP contribution in [0.4, 0.5) is 11.4 Å². The number of hydrogen-bond acceptors (Lipinski definition) is 7. The summed E-state index contributed by atoms with van der Waals surface area (Å²) in [6, 6.07) is 16.3. The Balaban J connectivity index is 1.86. The van der Waals surface area contributed by atoms with Crippen molar-refractivity contribution in [1.29, 1.82) is 0 Å². The lowest BCUT2D eigenvalue weighted by Gasteiger charge is -2.25. The molecule has 0 bridgehead atoms. The molecule has 0 spiro atoms. The summed E-state index contributed by atoms with van der Waals surface area (Å²) in [6.45, 7) is 5.82. The van der Waals surface area contributed by atoms with Crippen molar-refractivity contribution in [3.05, 3.63) is 91.7 Å². The third kappa shape index (κ3) is 6.04. The molecule has 1 amide bonds. The number of aromatic carboxylic acids is 1. The minimum atomic E-state index is -1.01. The van der Waals surface area contributed by atoms with Crippen LogP contribution in [0.3, 0.4) is 0 Å². The first kappa shape index (κ1) is 25.0. The first-order valence-corrected chi connectivity index (χ1v) is 11.2. The van der Waals surface area contributed by atoms with Crippen LogP contribution in [-0.4, -0.2) is 28.6 Å². The molecule has 0 aliphatic carbocycles. The van der Waals surface area contributed by atoms with Crippen LogP contribution in [0.2, 0.25) is 0 Å². The van der Waals surface area contributed by atoms with Crippen LogP contribution in [0.25, 0.3) is 0 Å². The van der Waals surface area contributed by atoms with E-state index in [0.717, 1.165) is 21.9 Å². The van der Waals surface area contributed by atoms with Gasteiger partial charge in [-0.05, 0) is 41.3 Å². The third-order valence-corrected chi connectivity index (χ3v) is 5.99. The molecule has 2 N–H and O–H groups in total. The van der Waals surface area contributed by atoms with Crippen molar-refractivity contribution in [1.82, 2.24) is 5.43 Å². The molecule has 3 rings (SSSR count). The molecule has 0 atom stereocenters. The smallest absolute Gasteiger partial charge is 0.345 e. The van der Waals surface area contributed by atoms with Gasteiger partial charge in [-0.15, -0.1) is 11.3 Å². The predicted molar refractivity (Wildman–Crippen MR) is 129 cm³/mol. The number of anilines is 1. The molecule has 2 aromatic carbocycles. The molecule has 10 heteroatoms. The van der Waals surface area contributed by atoms with Crippen molar-refractivity contribution >= 4 is 34.6 Å². The highest BCUT2D eigenvalue weighted by atomic mass is 32.1. The van der Waals surface area contributed by atoms with Gasteiger partial charge in [0.1, 0.15) is 17.3 Å². The maximum atomic E-state index is 13.3. The number of carboxylic acids is 1. The number of carbonyl (C=O) groups excluding carboxylic acids is 1. The molecule has 9 nitrogen and oxygen atoms in total. The highest BCUT2D eigenvalue weighted by Crippen LogP contribution is 2.34. The summed E-state index contributed by atoms with van der Waals surface area (Å²) in [5, 5.41) is 22.0. The Morgan fingerprint density at radius 1 is 1.12 bits per heavy atom. The normalized spacial score (nSPS) is 11.3. The minimum absolute atomic E-state index is 0.0831. The Bertz CT molecular complexity index is 1190. The van der Waals surface area contributed by atoms with E-state index in [2.05, 4.69) is 5.43 Å². The van der Waals surface area contributed by atoms with Crippen LogP contribution in [0, 0.1) is 10.1 Å². The molecule has 0 saturated carbocycles. The van der Waals surface area contributed by atoms with Crippen LogP contribution in [0.15, 0.2) is 60.7 Å². The summed E-state index contributed by atoms with van der Waals surface area (Å²) in [6.07, 6.45) is 0. The Morgan fingerprint density at radius 3 is 2.41 bits per heavy atom. The maximum Gasteiger partial charge on any atom is 0.345 e. The number of hydrogen-bond donors (Lipinski definition) is 2. The number of amides is 1. The Morgan fingerprint density at radius 2 is 1.82 bits per heavy atom. The van der Waals surface area contributed by atoms with Crippen molar-refractivity contribution in [3.8, 4) is 0 Å². The molecular weight excluding hydrogens is 458 g/mol. The number of thiophene rings is 1. The lowest BCUT2D eigenvalue weighted by atomic mass is 9.86. The molecule has 3 aromatic rings. The van der Waals surface area contributed by atoms with E-state index in [1.807, 2.05) is 20.8 Å².